The minimum Gasteiger partial charge on any atom is -0.412 e. The quantitative estimate of drug-likeness (QED) is 0.801. The van der Waals surface area contributed by atoms with Gasteiger partial charge < -0.3 is 20.7 Å². The van der Waals surface area contributed by atoms with E-state index in [0.717, 1.165) is 12.8 Å². The number of piperidine rings is 1. The second kappa shape index (κ2) is 6.96. The standard InChI is InChI=1S/C16H20N4O2.ClH.H2O/c1-19-11-6-7-12(19)9-10(8-11)17-15(21)20-14-5-3-2-4-13(14)18-16(20)22;;/h2-5,10-12H,6-9H2,1H3,(H,17,21)(H,18,22);1H;1H2/t11-,12-;;/m1../s1. The van der Waals surface area contributed by atoms with Crippen LogP contribution in [-0.2, 0) is 0 Å². The molecule has 2 fully saturated rings. The zero-order chi connectivity index (χ0) is 15.3. The van der Waals surface area contributed by atoms with Crippen LogP contribution in [0.25, 0.3) is 11.0 Å². The number of halogens is 1. The van der Waals surface area contributed by atoms with Crippen LogP contribution in [0.4, 0.5) is 4.79 Å². The van der Waals surface area contributed by atoms with Crippen molar-refractivity contribution >= 4 is 29.5 Å². The maximum Gasteiger partial charge on any atom is 0.334 e. The minimum absolute atomic E-state index is 0. The number of benzene rings is 1. The number of amides is 1. The van der Waals surface area contributed by atoms with Gasteiger partial charge in [0.2, 0.25) is 0 Å². The van der Waals surface area contributed by atoms with Crippen molar-refractivity contribution in [3.63, 3.8) is 0 Å². The smallest absolute Gasteiger partial charge is 0.334 e. The lowest BCUT2D eigenvalue weighted by Gasteiger charge is -2.36. The van der Waals surface area contributed by atoms with E-state index in [2.05, 4.69) is 22.2 Å². The van der Waals surface area contributed by atoms with Gasteiger partial charge in [-0.05, 0) is 44.9 Å². The van der Waals surface area contributed by atoms with Gasteiger partial charge in [-0.3, -0.25) is 0 Å². The average Bonchev–Trinajstić information content (AvgIpc) is 2.90. The Labute approximate surface area is 145 Å². The van der Waals surface area contributed by atoms with Gasteiger partial charge in [0.15, 0.2) is 0 Å². The zero-order valence-corrected chi connectivity index (χ0v) is 14.3. The highest BCUT2D eigenvalue weighted by molar-refractivity contribution is 5.89. The first-order valence-electron chi connectivity index (χ1n) is 7.86. The monoisotopic (exact) mass is 354 g/mol. The Morgan fingerprint density at radius 2 is 1.83 bits per heavy atom. The summed E-state index contributed by atoms with van der Waals surface area (Å²) in [5.41, 5.74) is 0.932. The third-order valence-corrected chi connectivity index (χ3v) is 5.22. The molecule has 2 aromatic rings. The van der Waals surface area contributed by atoms with E-state index in [-0.39, 0.29) is 35.6 Å². The molecule has 2 saturated heterocycles. The number of carbonyl (C=O) groups excluding carboxylic acids is 1. The van der Waals surface area contributed by atoms with Gasteiger partial charge in [0.25, 0.3) is 0 Å². The second-order valence-corrected chi connectivity index (χ2v) is 6.45. The molecule has 2 aliphatic heterocycles. The molecule has 0 saturated carbocycles. The van der Waals surface area contributed by atoms with Gasteiger partial charge in [-0.1, -0.05) is 12.1 Å². The Morgan fingerprint density at radius 3 is 2.50 bits per heavy atom. The fraction of sp³-hybridized carbons (Fsp3) is 0.500. The highest BCUT2D eigenvalue weighted by Crippen LogP contribution is 2.34. The lowest BCUT2D eigenvalue weighted by atomic mass is 9.98. The maximum atomic E-state index is 12.5. The van der Waals surface area contributed by atoms with Crippen LogP contribution in [0.15, 0.2) is 29.1 Å². The molecule has 1 amide bonds. The van der Waals surface area contributed by atoms with Gasteiger partial charge in [-0.25, -0.2) is 14.2 Å². The number of nitrogens with one attached hydrogen (secondary N) is 2. The number of hydrogen-bond acceptors (Lipinski definition) is 3. The van der Waals surface area contributed by atoms with Crippen molar-refractivity contribution in [2.24, 2.45) is 0 Å². The molecule has 2 aliphatic rings. The van der Waals surface area contributed by atoms with Crippen molar-refractivity contribution in [3.05, 3.63) is 34.7 Å². The third-order valence-electron chi connectivity index (χ3n) is 5.22. The van der Waals surface area contributed by atoms with E-state index in [1.165, 1.54) is 17.4 Å². The summed E-state index contributed by atoms with van der Waals surface area (Å²) in [7, 11) is 2.17. The van der Waals surface area contributed by atoms with Crippen LogP contribution in [-0.4, -0.2) is 51.1 Å². The first-order valence-corrected chi connectivity index (χ1v) is 7.86. The molecule has 0 aliphatic carbocycles. The first kappa shape index (κ1) is 18.5. The average molecular weight is 355 g/mol. The van der Waals surface area contributed by atoms with Crippen molar-refractivity contribution in [3.8, 4) is 0 Å². The highest BCUT2D eigenvalue weighted by Gasteiger charge is 2.39. The molecular formula is C16H23ClN4O3. The fourth-order valence-corrected chi connectivity index (χ4v) is 4.02. The van der Waals surface area contributed by atoms with Crippen LogP contribution >= 0.6 is 12.4 Å². The zero-order valence-electron chi connectivity index (χ0n) is 13.5. The summed E-state index contributed by atoms with van der Waals surface area (Å²) in [5.74, 6) is 0. The first-order chi connectivity index (χ1) is 10.6. The number of H-pyrrole nitrogens is 1. The summed E-state index contributed by atoms with van der Waals surface area (Å²) in [6.07, 6.45) is 4.35. The number of nitrogens with zero attached hydrogens (tertiary/aromatic N) is 2. The number of rotatable bonds is 1. The minimum atomic E-state index is -0.380. The maximum absolute atomic E-state index is 12.5. The van der Waals surface area contributed by atoms with E-state index in [1.807, 2.05) is 12.1 Å². The molecule has 132 valence electrons. The molecule has 0 unspecified atom stereocenters. The van der Waals surface area contributed by atoms with Crippen LogP contribution in [0.5, 0.6) is 0 Å². The predicted octanol–water partition coefficient (Wildman–Crippen LogP) is 1.11. The van der Waals surface area contributed by atoms with Gasteiger partial charge >= 0.3 is 11.7 Å². The lowest BCUT2D eigenvalue weighted by molar-refractivity contribution is 0.150. The molecule has 0 radical (unpaired) electrons. The van der Waals surface area contributed by atoms with Gasteiger partial charge in [0.1, 0.15) is 0 Å². The molecule has 1 aromatic carbocycles. The number of aromatic nitrogens is 2. The van der Waals surface area contributed by atoms with Gasteiger partial charge in [-0.15, -0.1) is 12.4 Å². The highest BCUT2D eigenvalue weighted by atomic mass is 35.5. The fourth-order valence-electron chi connectivity index (χ4n) is 4.02. The number of aromatic amines is 1. The summed E-state index contributed by atoms with van der Waals surface area (Å²) >= 11 is 0. The Kier molecular flexibility index (Phi) is 5.37. The van der Waals surface area contributed by atoms with Crippen LogP contribution in [0.1, 0.15) is 25.7 Å². The third kappa shape index (κ3) is 2.94. The number of hydrogen-bond donors (Lipinski definition) is 2. The van der Waals surface area contributed by atoms with Crippen molar-refractivity contribution < 1.29 is 10.3 Å². The van der Waals surface area contributed by atoms with Gasteiger partial charge in [-0.2, -0.15) is 0 Å². The molecule has 8 heteroatoms. The van der Waals surface area contributed by atoms with Crippen molar-refractivity contribution in [1.82, 2.24) is 19.8 Å². The number of fused-ring (bicyclic) bond motifs is 3. The summed E-state index contributed by atoms with van der Waals surface area (Å²) < 4.78 is 1.20. The Bertz CT molecular complexity index is 773. The summed E-state index contributed by atoms with van der Waals surface area (Å²) in [6, 6.07) is 8.21. The summed E-state index contributed by atoms with van der Waals surface area (Å²) in [4.78, 5) is 29.7. The van der Waals surface area contributed by atoms with E-state index >= 15 is 0 Å². The van der Waals surface area contributed by atoms with Gasteiger partial charge in [0.05, 0.1) is 11.0 Å². The van der Waals surface area contributed by atoms with E-state index in [9.17, 15) is 9.59 Å². The van der Waals surface area contributed by atoms with Crippen LogP contribution < -0.4 is 11.0 Å². The Hall–Kier alpha value is -1.83. The van der Waals surface area contributed by atoms with Crippen molar-refractivity contribution in [2.75, 3.05) is 7.05 Å². The second-order valence-electron chi connectivity index (χ2n) is 6.45. The Morgan fingerprint density at radius 1 is 1.21 bits per heavy atom. The van der Waals surface area contributed by atoms with Crippen LogP contribution in [0, 0.1) is 0 Å². The molecule has 4 rings (SSSR count). The number of carbonyl (C=O) groups is 1. The number of para-hydroxylation sites is 2. The Balaban J connectivity index is 0.00000104. The number of imidazole rings is 1. The van der Waals surface area contributed by atoms with E-state index in [1.54, 1.807) is 12.1 Å². The van der Waals surface area contributed by atoms with Gasteiger partial charge in [0, 0.05) is 18.1 Å². The summed E-state index contributed by atoms with van der Waals surface area (Å²) in [5, 5.41) is 3.05. The van der Waals surface area contributed by atoms with Crippen molar-refractivity contribution in [2.45, 2.75) is 43.8 Å². The van der Waals surface area contributed by atoms with Crippen LogP contribution in [0.3, 0.4) is 0 Å². The molecule has 3 heterocycles. The molecular weight excluding hydrogens is 332 g/mol. The lowest BCUT2D eigenvalue weighted by Crippen LogP contribution is -2.50. The largest absolute Gasteiger partial charge is 0.412 e. The molecule has 2 atom stereocenters. The topological polar surface area (TPSA) is 102 Å². The predicted molar refractivity (Wildman–Crippen MR) is 94.9 cm³/mol. The normalized spacial score (nSPS) is 25.8. The van der Waals surface area contributed by atoms with E-state index < -0.39 is 0 Å². The summed E-state index contributed by atoms with van der Waals surface area (Å²) in [6.45, 7) is 0. The molecule has 0 spiro atoms. The SMILES string of the molecule is CN1[C@@H]2CC[C@@H]1CC(NC(=O)n1c(=O)[nH]c3ccccc31)C2.Cl.O. The molecule has 24 heavy (non-hydrogen) atoms. The van der Waals surface area contributed by atoms with Crippen molar-refractivity contribution in [1.29, 1.82) is 0 Å². The van der Waals surface area contributed by atoms with E-state index in [4.69, 9.17) is 0 Å². The molecule has 7 nitrogen and oxygen atoms in total. The van der Waals surface area contributed by atoms with E-state index in [0.29, 0.717) is 23.1 Å². The molecule has 1 aromatic heterocycles. The molecule has 4 N–H and O–H groups in total. The van der Waals surface area contributed by atoms with Crippen LogP contribution in [0.2, 0.25) is 0 Å². The molecule has 2 bridgehead atoms.